The van der Waals surface area contributed by atoms with Crippen LogP contribution in [0.1, 0.15) is 22.8 Å². The maximum absolute atomic E-state index is 13.0. The molecular formula is C26H28Cl2N2O3S. The zero-order valence-corrected chi connectivity index (χ0v) is 21.4. The van der Waals surface area contributed by atoms with E-state index in [1.807, 2.05) is 30.3 Å². The molecule has 0 aliphatic carbocycles. The minimum atomic E-state index is -3.54. The Kier molecular flexibility index (Phi) is 8.30. The van der Waals surface area contributed by atoms with Crippen molar-refractivity contribution >= 4 is 33.2 Å². The molecule has 34 heavy (non-hydrogen) atoms. The standard InChI is InChI=1S/C26H28Cl2N2O3S/c1-20-3-2-4-21(17-20)19-33-26(22-5-7-23(27)8-6-22)18-29-13-15-30(16-14-29)34(31,32)25-11-9-24(28)10-12-25/h2-12,17,26H,13-16,18-19H2,1H3/t26-/m0/s1. The lowest BCUT2D eigenvalue weighted by atomic mass is 10.1. The Morgan fingerprint density at radius 2 is 1.50 bits per heavy atom. The van der Waals surface area contributed by atoms with Gasteiger partial charge in [0, 0.05) is 42.8 Å². The van der Waals surface area contributed by atoms with E-state index in [1.54, 1.807) is 24.3 Å². The van der Waals surface area contributed by atoms with Gasteiger partial charge in [0.2, 0.25) is 10.0 Å². The van der Waals surface area contributed by atoms with Crippen molar-refractivity contribution in [1.82, 2.24) is 9.21 Å². The van der Waals surface area contributed by atoms with E-state index in [1.165, 1.54) is 9.87 Å². The molecule has 1 aliphatic heterocycles. The summed E-state index contributed by atoms with van der Waals surface area (Å²) in [7, 11) is -3.54. The number of sulfonamides is 1. The summed E-state index contributed by atoms with van der Waals surface area (Å²) >= 11 is 12.0. The average molecular weight is 519 g/mol. The average Bonchev–Trinajstić information content (AvgIpc) is 2.83. The van der Waals surface area contributed by atoms with Crippen LogP contribution in [0.5, 0.6) is 0 Å². The molecule has 3 aromatic carbocycles. The largest absolute Gasteiger partial charge is 0.368 e. The Labute approximate surface area is 211 Å². The minimum Gasteiger partial charge on any atom is -0.368 e. The van der Waals surface area contributed by atoms with Crippen LogP contribution in [0.4, 0.5) is 0 Å². The molecule has 1 saturated heterocycles. The molecule has 1 atom stereocenters. The Bertz CT molecular complexity index is 1190. The number of hydrogen-bond acceptors (Lipinski definition) is 4. The fraction of sp³-hybridized carbons (Fsp3) is 0.308. The summed E-state index contributed by atoms with van der Waals surface area (Å²) in [6, 6.07) is 22.3. The molecule has 0 amide bonds. The molecule has 180 valence electrons. The normalized spacial score (nSPS) is 16.4. The van der Waals surface area contributed by atoms with E-state index in [-0.39, 0.29) is 11.0 Å². The maximum atomic E-state index is 13.0. The molecule has 1 fully saturated rings. The van der Waals surface area contributed by atoms with Gasteiger partial charge in [0.15, 0.2) is 0 Å². The molecular weight excluding hydrogens is 491 g/mol. The molecule has 0 N–H and O–H groups in total. The Morgan fingerprint density at radius 3 is 2.12 bits per heavy atom. The number of nitrogens with zero attached hydrogens (tertiary/aromatic N) is 2. The number of halogens is 2. The Morgan fingerprint density at radius 1 is 0.882 bits per heavy atom. The van der Waals surface area contributed by atoms with Gasteiger partial charge in [0.05, 0.1) is 17.6 Å². The molecule has 0 radical (unpaired) electrons. The van der Waals surface area contributed by atoms with E-state index in [0.717, 1.165) is 11.1 Å². The van der Waals surface area contributed by atoms with E-state index >= 15 is 0 Å². The number of aryl methyl sites for hydroxylation is 1. The zero-order chi connectivity index (χ0) is 24.1. The fourth-order valence-corrected chi connectivity index (χ4v) is 5.75. The van der Waals surface area contributed by atoms with Crippen LogP contribution in [0, 0.1) is 6.92 Å². The van der Waals surface area contributed by atoms with Crippen molar-refractivity contribution in [2.45, 2.75) is 24.5 Å². The molecule has 0 aromatic heterocycles. The zero-order valence-electron chi connectivity index (χ0n) is 19.0. The molecule has 1 aliphatic rings. The number of benzene rings is 3. The number of piperazine rings is 1. The van der Waals surface area contributed by atoms with Gasteiger partial charge in [-0.3, -0.25) is 4.90 Å². The van der Waals surface area contributed by atoms with Crippen LogP contribution in [-0.4, -0.2) is 50.3 Å². The highest BCUT2D eigenvalue weighted by atomic mass is 35.5. The molecule has 3 aromatic rings. The second kappa shape index (κ2) is 11.2. The van der Waals surface area contributed by atoms with E-state index in [9.17, 15) is 8.42 Å². The van der Waals surface area contributed by atoms with Gasteiger partial charge >= 0.3 is 0 Å². The molecule has 8 heteroatoms. The van der Waals surface area contributed by atoms with Crippen LogP contribution in [0.25, 0.3) is 0 Å². The summed E-state index contributed by atoms with van der Waals surface area (Å²) in [5.74, 6) is 0. The van der Waals surface area contributed by atoms with Crippen LogP contribution in [0.3, 0.4) is 0 Å². The lowest BCUT2D eigenvalue weighted by Crippen LogP contribution is -2.49. The van der Waals surface area contributed by atoms with E-state index < -0.39 is 10.0 Å². The van der Waals surface area contributed by atoms with Crippen molar-refractivity contribution in [2.75, 3.05) is 32.7 Å². The Balaban J connectivity index is 1.41. The lowest BCUT2D eigenvalue weighted by Gasteiger charge is -2.36. The van der Waals surface area contributed by atoms with Gasteiger partial charge < -0.3 is 4.74 Å². The van der Waals surface area contributed by atoms with Crippen molar-refractivity contribution in [3.05, 3.63) is 99.5 Å². The SMILES string of the molecule is Cc1cccc(CO[C@@H](CN2CCN(S(=O)(=O)c3ccc(Cl)cc3)CC2)c2ccc(Cl)cc2)c1. The van der Waals surface area contributed by atoms with E-state index in [0.29, 0.717) is 49.4 Å². The summed E-state index contributed by atoms with van der Waals surface area (Å²) in [6.45, 7) is 5.35. The summed E-state index contributed by atoms with van der Waals surface area (Å²) in [5.41, 5.74) is 3.37. The second-order valence-electron chi connectivity index (χ2n) is 8.50. The fourth-order valence-electron chi connectivity index (χ4n) is 4.07. The van der Waals surface area contributed by atoms with Crippen LogP contribution in [0.15, 0.2) is 77.7 Å². The first kappa shape index (κ1) is 25.2. The minimum absolute atomic E-state index is 0.155. The topological polar surface area (TPSA) is 49.9 Å². The summed E-state index contributed by atoms with van der Waals surface area (Å²) in [5, 5.41) is 1.20. The maximum Gasteiger partial charge on any atom is 0.243 e. The van der Waals surface area contributed by atoms with Crippen LogP contribution in [-0.2, 0) is 21.4 Å². The first-order valence-electron chi connectivity index (χ1n) is 11.2. The van der Waals surface area contributed by atoms with Crippen molar-refractivity contribution in [1.29, 1.82) is 0 Å². The van der Waals surface area contributed by atoms with Crippen molar-refractivity contribution in [3.8, 4) is 0 Å². The quantitative estimate of drug-likeness (QED) is 0.391. The van der Waals surface area contributed by atoms with Gasteiger partial charge in [0.25, 0.3) is 0 Å². The van der Waals surface area contributed by atoms with Gasteiger partial charge in [-0.05, 0) is 54.4 Å². The van der Waals surface area contributed by atoms with Gasteiger partial charge in [-0.1, -0.05) is 65.2 Å². The predicted octanol–water partition coefficient (Wildman–Crippen LogP) is 5.57. The number of hydrogen-bond donors (Lipinski definition) is 0. The van der Waals surface area contributed by atoms with Crippen molar-refractivity contribution in [3.63, 3.8) is 0 Å². The first-order chi connectivity index (χ1) is 16.3. The van der Waals surface area contributed by atoms with Gasteiger partial charge in [0.1, 0.15) is 0 Å². The third-order valence-corrected chi connectivity index (χ3v) is 8.40. The summed E-state index contributed by atoms with van der Waals surface area (Å²) < 4.78 is 33.9. The van der Waals surface area contributed by atoms with Crippen molar-refractivity contribution in [2.24, 2.45) is 0 Å². The van der Waals surface area contributed by atoms with Crippen molar-refractivity contribution < 1.29 is 13.2 Å². The highest BCUT2D eigenvalue weighted by Crippen LogP contribution is 2.25. The van der Waals surface area contributed by atoms with Crippen LogP contribution >= 0.6 is 23.2 Å². The second-order valence-corrected chi connectivity index (χ2v) is 11.3. The monoisotopic (exact) mass is 518 g/mol. The summed E-state index contributed by atoms with van der Waals surface area (Å²) in [6.07, 6.45) is -0.155. The van der Waals surface area contributed by atoms with Crippen LogP contribution in [0.2, 0.25) is 10.0 Å². The van der Waals surface area contributed by atoms with Crippen LogP contribution < -0.4 is 0 Å². The summed E-state index contributed by atoms with van der Waals surface area (Å²) in [4.78, 5) is 2.52. The smallest absolute Gasteiger partial charge is 0.243 e. The third kappa shape index (κ3) is 6.39. The number of ether oxygens (including phenoxy) is 1. The van der Waals surface area contributed by atoms with Gasteiger partial charge in [-0.2, -0.15) is 4.31 Å². The molecule has 4 rings (SSSR count). The predicted molar refractivity (Wildman–Crippen MR) is 137 cm³/mol. The molecule has 5 nitrogen and oxygen atoms in total. The highest BCUT2D eigenvalue weighted by molar-refractivity contribution is 7.89. The lowest BCUT2D eigenvalue weighted by molar-refractivity contribution is 0.00771. The highest BCUT2D eigenvalue weighted by Gasteiger charge is 2.29. The molecule has 0 bridgehead atoms. The molecule has 0 spiro atoms. The van der Waals surface area contributed by atoms with E-state index in [4.69, 9.17) is 27.9 Å². The third-order valence-electron chi connectivity index (χ3n) is 5.98. The number of rotatable bonds is 8. The molecule has 0 saturated carbocycles. The van der Waals surface area contributed by atoms with Gasteiger partial charge in [-0.25, -0.2) is 8.42 Å². The first-order valence-corrected chi connectivity index (χ1v) is 13.4. The van der Waals surface area contributed by atoms with Gasteiger partial charge in [-0.15, -0.1) is 0 Å². The molecule has 1 heterocycles. The van der Waals surface area contributed by atoms with E-state index in [2.05, 4.69) is 30.0 Å². The molecule has 0 unspecified atom stereocenters. The Hall–Kier alpha value is -1.93.